The zero-order valence-corrected chi connectivity index (χ0v) is 12.9. The molecule has 0 atom stereocenters. The van der Waals surface area contributed by atoms with Gasteiger partial charge in [0.05, 0.1) is 18.4 Å². The van der Waals surface area contributed by atoms with E-state index in [1.165, 1.54) is 13.2 Å². The summed E-state index contributed by atoms with van der Waals surface area (Å²) >= 11 is 0.825. The van der Waals surface area contributed by atoms with Gasteiger partial charge < -0.3 is 10.1 Å². The Morgan fingerprint density at radius 2 is 2.05 bits per heavy atom. The molecule has 7 heteroatoms. The summed E-state index contributed by atoms with van der Waals surface area (Å²) in [5, 5.41) is 3.07. The van der Waals surface area contributed by atoms with E-state index in [0.717, 1.165) is 17.8 Å². The second kappa shape index (κ2) is 7.70. The molecule has 0 spiro atoms. The highest BCUT2D eigenvalue weighted by atomic mass is 32.2. The Morgan fingerprint density at radius 3 is 2.57 bits per heavy atom. The maximum Gasteiger partial charge on any atom is 0.417 e. The maximum absolute atomic E-state index is 13.1. The molecule has 0 amide bonds. The van der Waals surface area contributed by atoms with Crippen LogP contribution < -0.4 is 5.32 Å². The van der Waals surface area contributed by atoms with E-state index in [1.807, 2.05) is 13.8 Å². The molecule has 0 heterocycles. The number of alkyl halides is 3. The summed E-state index contributed by atoms with van der Waals surface area (Å²) < 4.78 is 43.7. The van der Waals surface area contributed by atoms with Crippen molar-refractivity contribution in [3.8, 4) is 0 Å². The van der Waals surface area contributed by atoms with E-state index in [9.17, 15) is 18.0 Å². The summed E-state index contributed by atoms with van der Waals surface area (Å²) in [6.07, 6.45) is -4.45. The SMILES string of the molecule is COC(=O)CSc1ccc(CNC(C)C)cc1C(F)(F)F. The summed E-state index contributed by atoms with van der Waals surface area (Å²) in [5.74, 6) is -0.706. The molecule has 0 saturated carbocycles. The molecule has 0 unspecified atom stereocenters. The number of hydrogen-bond acceptors (Lipinski definition) is 4. The normalized spacial score (nSPS) is 11.8. The first-order valence-electron chi connectivity index (χ1n) is 6.37. The molecule has 0 saturated heterocycles. The van der Waals surface area contributed by atoms with E-state index < -0.39 is 17.7 Å². The molecular formula is C14H18F3NO2S. The van der Waals surface area contributed by atoms with Crippen molar-refractivity contribution in [1.82, 2.24) is 5.32 Å². The van der Waals surface area contributed by atoms with Crippen LogP contribution in [-0.2, 0) is 22.3 Å². The quantitative estimate of drug-likeness (QED) is 0.643. The number of methoxy groups -OCH3 is 1. The van der Waals surface area contributed by atoms with Gasteiger partial charge in [-0.15, -0.1) is 11.8 Å². The van der Waals surface area contributed by atoms with E-state index in [1.54, 1.807) is 6.07 Å². The van der Waals surface area contributed by atoms with Gasteiger partial charge in [0.25, 0.3) is 0 Å². The molecular weight excluding hydrogens is 303 g/mol. The molecule has 0 aliphatic carbocycles. The van der Waals surface area contributed by atoms with Crippen LogP contribution in [0.15, 0.2) is 23.1 Å². The number of rotatable bonds is 6. The van der Waals surface area contributed by atoms with E-state index in [4.69, 9.17) is 0 Å². The van der Waals surface area contributed by atoms with Gasteiger partial charge in [-0.05, 0) is 17.7 Å². The van der Waals surface area contributed by atoms with Crippen molar-refractivity contribution < 1.29 is 22.7 Å². The number of nitrogens with one attached hydrogen (secondary N) is 1. The van der Waals surface area contributed by atoms with Gasteiger partial charge in [0.15, 0.2) is 0 Å². The Hall–Kier alpha value is -1.21. The predicted octanol–water partition coefficient (Wildman–Crippen LogP) is 3.47. The molecule has 118 valence electrons. The Balaban J connectivity index is 2.94. The van der Waals surface area contributed by atoms with Crippen LogP contribution in [0, 0.1) is 0 Å². The monoisotopic (exact) mass is 321 g/mol. The van der Waals surface area contributed by atoms with Crippen LogP contribution in [0.1, 0.15) is 25.0 Å². The van der Waals surface area contributed by atoms with Crippen molar-refractivity contribution in [2.45, 2.75) is 37.5 Å². The number of hydrogen-bond donors (Lipinski definition) is 1. The van der Waals surface area contributed by atoms with Crippen LogP contribution in [0.4, 0.5) is 13.2 Å². The largest absolute Gasteiger partial charge is 0.468 e. The van der Waals surface area contributed by atoms with Gasteiger partial charge in [-0.25, -0.2) is 0 Å². The lowest BCUT2D eigenvalue weighted by Crippen LogP contribution is -2.22. The van der Waals surface area contributed by atoms with Gasteiger partial charge in [-0.2, -0.15) is 13.2 Å². The number of benzene rings is 1. The van der Waals surface area contributed by atoms with Crippen molar-refractivity contribution >= 4 is 17.7 Å². The number of thioether (sulfide) groups is 1. The molecule has 0 aromatic heterocycles. The lowest BCUT2D eigenvalue weighted by Gasteiger charge is -2.15. The second-order valence-corrected chi connectivity index (χ2v) is 5.75. The van der Waals surface area contributed by atoms with Crippen molar-refractivity contribution in [2.75, 3.05) is 12.9 Å². The minimum atomic E-state index is -4.45. The lowest BCUT2D eigenvalue weighted by atomic mass is 10.1. The number of halogens is 3. The predicted molar refractivity (Wildman–Crippen MR) is 76.2 cm³/mol. The van der Waals surface area contributed by atoms with Crippen LogP contribution in [-0.4, -0.2) is 24.9 Å². The smallest absolute Gasteiger partial charge is 0.417 e. The van der Waals surface area contributed by atoms with E-state index >= 15 is 0 Å². The van der Waals surface area contributed by atoms with Crippen LogP contribution in [0.5, 0.6) is 0 Å². The van der Waals surface area contributed by atoms with Gasteiger partial charge in [0.1, 0.15) is 0 Å². The second-order valence-electron chi connectivity index (χ2n) is 4.73. The molecule has 1 aromatic rings. The highest BCUT2D eigenvalue weighted by Gasteiger charge is 2.34. The first kappa shape index (κ1) is 17.8. The van der Waals surface area contributed by atoms with Gasteiger partial charge in [-0.1, -0.05) is 19.9 Å². The average molecular weight is 321 g/mol. The van der Waals surface area contributed by atoms with Crippen LogP contribution >= 0.6 is 11.8 Å². The first-order valence-corrected chi connectivity index (χ1v) is 7.35. The van der Waals surface area contributed by atoms with E-state index in [0.29, 0.717) is 12.1 Å². The maximum atomic E-state index is 13.1. The van der Waals surface area contributed by atoms with Crippen molar-refractivity contribution in [2.24, 2.45) is 0 Å². The average Bonchev–Trinajstić information content (AvgIpc) is 2.41. The van der Waals surface area contributed by atoms with Gasteiger partial charge in [-0.3, -0.25) is 4.79 Å². The number of carbonyl (C=O) groups is 1. The first-order chi connectivity index (χ1) is 9.74. The third kappa shape index (κ3) is 5.97. The van der Waals surface area contributed by atoms with Crippen LogP contribution in [0.3, 0.4) is 0 Å². The third-order valence-electron chi connectivity index (χ3n) is 2.64. The fourth-order valence-electron chi connectivity index (χ4n) is 1.55. The summed E-state index contributed by atoms with van der Waals surface area (Å²) in [5.41, 5.74) is -0.169. The molecule has 0 radical (unpaired) electrons. The van der Waals surface area contributed by atoms with Gasteiger partial charge >= 0.3 is 12.1 Å². The lowest BCUT2D eigenvalue weighted by molar-refractivity contribution is -0.140. The van der Waals surface area contributed by atoms with Gasteiger partial charge in [0.2, 0.25) is 0 Å². The number of carbonyl (C=O) groups excluding carboxylic acids is 1. The number of ether oxygens (including phenoxy) is 1. The van der Waals surface area contributed by atoms with Crippen LogP contribution in [0.2, 0.25) is 0 Å². The highest BCUT2D eigenvalue weighted by Crippen LogP contribution is 2.37. The molecule has 0 aliphatic rings. The Morgan fingerprint density at radius 1 is 1.38 bits per heavy atom. The van der Waals surface area contributed by atoms with E-state index in [2.05, 4.69) is 10.1 Å². The number of esters is 1. The van der Waals surface area contributed by atoms with E-state index in [-0.39, 0.29) is 16.7 Å². The topological polar surface area (TPSA) is 38.3 Å². The van der Waals surface area contributed by atoms with Gasteiger partial charge in [0, 0.05) is 17.5 Å². The Kier molecular flexibility index (Phi) is 6.54. The molecule has 1 N–H and O–H groups in total. The summed E-state index contributed by atoms with van der Waals surface area (Å²) in [6.45, 7) is 4.21. The molecule has 1 aromatic carbocycles. The zero-order chi connectivity index (χ0) is 16.0. The fraction of sp³-hybridized carbons (Fsp3) is 0.500. The highest BCUT2D eigenvalue weighted by molar-refractivity contribution is 8.00. The van der Waals surface area contributed by atoms with Crippen molar-refractivity contribution in [3.05, 3.63) is 29.3 Å². The van der Waals surface area contributed by atoms with Crippen LogP contribution in [0.25, 0.3) is 0 Å². The molecule has 0 fully saturated rings. The van der Waals surface area contributed by atoms with Crippen molar-refractivity contribution in [1.29, 1.82) is 0 Å². The molecule has 1 rings (SSSR count). The zero-order valence-electron chi connectivity index (χ0n) is 12.1. The Labute approximate surface area is 126 Å². The molecule has 0 aliphatic heterocycles. The summed E-state index contributed by atoms with van der Waals surface area (Å²) in [7, 11) is 1.20. The molecule has 3 nitrogen and oxygen atoms in total. The molecule has 0 bridgehead atoms. The Bertz CT molecular complexity index is 490. The summed E-state index contributed by atoms with van der Waals surface area (Å²) in [6, 6.07) is 4.33. The summed E-state index contributed by atoms with van der Waals surface area (Å²) in [4.78, 5) is 11.1. The fourth-order valence-corrected chi connectivity index (χ4v) is 2.44. The molecule has 21 heavy (non-hydrogen) atoms. The minimum Gasteiger partial charge on any atom is -0.468 e. The third-order valence-corrected chi connectivity index (χ3v) is 3.68. The standard InChI is InChI=1S/C14H18F3NO2S/c1-9(2)18-7-10-4-5-12(21-8-13(19)20-3)11(6-10)14(15,16)17/h4-6,9,18H,7-8H2,1-3H3. The van der Waals surface area contributed by atoms with Crippen molar-refractivity contribution in [3.63, 3.8) is 0 Å². The minimum absolute atomic E-state index is 0.0289.